The van der Waals surface area contributed by atoms with Crippen molar-refractivity contribution in [3.63, 3.8) is 0 Å². The summed E-state index contributed by atoms with van der Waals surface area (Å²) in [6, 6.07) is 0.286. The van der Waals surface area contributed by atoms with Gasteiger partial charge in [-0.05, 0) is 38.5 Å². The number of nitrogens with one attached hydrogen (secondary N) is 2. The highest BCUT2D eigenvalue weighted by Gasteiger charge is 2.24. The van der Waals surface area contributed by atoms with Crippen molar-refractivity contribution in [3.05, 3.63) is 11.3 Å². The maximum atomic E-state index is 12.2. The Morgan fingerprint density at radius 3 is 2.63 bits per heavy atom. The number of hydrogen-bond acceptors (Lipinski definition) is 3. The van der Waals surface area contributed by atoms with E-state index in [1.54, 1.807) is 0 Å². The van der Waals surface area contributed by atoms with Crippen molar-refractivity contribution in [1.82, 2.24) is 15.5 Å². The summed E-state index contributed by atoms with van der Waals surface area (Å²) in [6.45, 7) is 4.05. The molecule has 0 bridgehead atoms. The number of hydrogen-bond donors (Lipinski definition) is 3. The second-order valence-electron chi connectivity index (χ2n) is 5.59. The number of aromatic amines is 1. The van der Waals surface area contributed by atoms with Gasteiger partial charge < -0.3 is 11.1 Å². The molecule has 0 saturated heterocycles. The Balaban J connectivity index is 1.88. The number of nitrogen functional groups attached to an aromatic ring is 1. The number of H-pyrrole nitrogens is 1. The maximum absolute atomic E-state index is 12.2. The minimum absolute atomic E-state index is 0.0947. The van der Waals surface area contributed by atoms with Crippen LogP contribution in [0.5, 0.6) is 0 Å². The third-order valence-corrected chi connectivity index (χ3v) is 4.08. The van der Waals surface area contributed by atoms with Gasteiger partial charge in [0.1, 0.15) is 5.56 Å². The van der Waals surface area contributed by atoms with Crippen LogP contribution in [0.2, 0.25) is 0 Å². The van der Waals surface area contributed by atoms with E-state index < -0.39 is 0 Å². The van der Waals surface area contributed by atoms with Crippen molar-refractivity contribution in [3.8, 4) is 0 Å². The summed E-state index contributed by atoms with van der Waals surface area (Å²) in [5.74, 6) is 1.04. The van der Waals surface area contributed by atoms with E-state index >= 15 is 0 Å². The molecular weight excluding hydrogens is 240 g/mol. The largest absolute Gasteiger partial charge is 0.382 e. The molecule has 106 valence electrons. The molecule has 19 heavy (non-hydrogen) atoms. The predicted molar refractivity (Wildman–Crippen MR) is 75.9 cm³/mol. The molecule has 1 aromatic rings. The molecular formula is C14H24N4O. The van der Waals surface area contributed by atoms with Crippen LogP contribution in [0.15, 0.2) is 0 Å². The van der Waals surface area contributed by atoms with E-state index in [9.17, 15) is 4.79 Å². The van der Waals surface area contributed by atoms with Crippen LogP contribution in [-0.4, -0.2) is 22.1 Å². The Morgan fingerprint density at radius 2 is 2.11 bits per heavy atom. The molecule has 0 spiro atoms. The molecule has 5 heteroatoms. The van der Waals surface area contributed by atoms with Crippen LogP contribution in [0.1, 0.15) is 61.5 Å². The first-order valence-corrected chi connectivity index (χ1v) is 7.23. The Hall–Kier alpha value is -1.52. The number of nitrogens with two attached hydrogens (primary N) is 1. The first-order chi connectivity index (χ1) is 9.11. The molecule has 4 N–H and O–H groups in total. The van der Waals surface area contributed by atoms with Crippen molar-refractivity contribution in [2.24, 2.45) is 5.92 Å². The lowest BCUT2D eigenvalue weighted by atomic mass is 9.83. The van der Waals surface area contributed by atoms with Crippen LogP contribution in [0, 0.1) is 12.8 Å². The van der Waals surface area contributed by atoms with Gasteiger partial charge in [0.2, 0.25) is 0 Å². The van der Waals surface area contributed by atoms with Crippen LogP contribution in [-0.2, 0) is 0 Å². The highest BCUT2D eigenvalue weighted by atomic mass is 16.1. The van der Waals surface area contributed by atoms with Gasteiger partial charge in [0.25, 0.3) is 5.91 Å². The Kier molecular flexibility index (Phi) is 4.45. The second-order valence-corrected chi connectivity index (χ2v) is 5.59. The van der Waals surface area contributed by atoms with Crippen molar-refractivity contribution in [1.29, 1.82) is 0 Å². The molecule has 1 aliphatic rings. The SMILES string of the molecule is CCCC1CCC(NC(=O)c2c(N)n[nH]c2C)CC1. The number of rotatable bonds is 4. The Bertz CT molecular complexity index is 413. The average Bonchev–Trinajstić information content (AvgIpc) is 2.72. The number of amides is 1. The van der Waals surface area contributed by atoms with E-state index in [2.05, 4.69) is 22.4 Å². The Morgan fingerprint density at radius 1 is 1.42 bits per heavy atom. The van der Waals surface area contributed by atoms with Crippen molar-refractivity contribution >= 4 is 11.7 Å². The van der Waals surface area contributed by atoms with Gasteiger partial charge in [-0.15, -0.1) is 0 Å². The summed E-state index contributed by atoms with van der Waals surface area (Å²) < 4.78 is 0. The first kappa shape index (κ1) is 13.9. The zero-order chi connectivity index (χ0) is 13.8. The van der Waals surface area contributed by atoms with Gasteiger partial charge >= 0.3 is 0 Å². The lowest BCUT2D eigenvalue weighted by Crippen LogP contribution is -2.38. The fourth-order valence-electron chi connectivity index (χ4n) is 3.00. The summed E-state index contributed by atoms with van der Waals surface area (Å²) in [5.41, 5.74) is 6.93. The van der Waals surface area contributed by atoms with Crippen LogP contribution >= 0.6 is 0 Å². The number of aromatic nitrogens is 2. The van der Waals surface area contributed by atoms with E-state index in [-0.39, 0.29) is 17.8 Å². The summed E-state index contributed by atoms with van der Waals surface area (Å²) in [6.07, 6.45) is 7.17. The third-order valence-electron chi connectivity index (χ3n) is 4.08. The molecule has 1 fully saturated rings. The van der Waals surface area contributed by atoms with E-state index in [0.29, 0.717) is 5.56 Å². The second kappa shape index (κ2) is 6.08. The maximum Gasteiger partial charge on any atom is 0.257 e. The molecule has 1 amide bonds. The first-order valence-electron chi connectivity index (χ1n) is 7.23. The van der Waals surface area contributed by atoms with Crippen LogP contribution < -0.4 is 11.1 Å². The number of aryl methyl sites for hydroxylation is 1. The molecule has 0 unspecified atom stereocenters. The molecule has 0 radical (unpaired) electrons. The van der Waals surface area contributed by atoms with Gasteiger partial charge in [0.15, 0.2) is 5.82 Å². The highest BCUT2D eigenvalue weighted by molar-refractivity contribution is 5.99. The standard InChI is InChI=1S/C14H24N4O/c1-3-4-10-5-7-11(8-6-10)16-14(19)12-9(2)17-18-13(12)15/h10-11H,3-8H2,1-2H3,(H,16,19)(H3,15,17,18). The van der Waals surface area contributed by atoms with E-state index in [1.807, 2.05) is 6.92 Å². The Labute approximate surface area is 114 Å². The summed E-state index contributed by atoms with van der Waals surface area (Å²) >= 11 is 0. The van der Waals surface area contributed by atoms with Crippen LogP contribution in [0.3, 0.4) is 0 Å². The number of anilines is 1. The smallest absolute Gasteiger partial charge is 0.257 e. The van der Waals surface area contributed by atoms with Gasteiger partial charge in [-0.25, -0.2) is 0 Å². The third kappa shape index (κ3) is 3.28. The number of carbonyl (C=O) groups is 1. The number of nitrogens with zero attached hydrogens (tertiary/aromatic N) is 1. The van der Waals surface area contributed by atoms with Crippen molar-refractivity contribution in [2.75, 3.05) is 5.73 Å². The lowest BCUT2D eigenvalue weighted by molar-refractivity contribution is 0.0921. The van der Waals surface area contributed by atoms with Crippen molar-refractivity contribution in [2.45, 2.75) is 58.4 Å². The normalized spacial score (nSPS) is 23.3. The molecule has 1 aromatic heterocycles. The molecule has 2 rings (SSSR count). The zero-order valence-corrected chi connectivity index (χ0v) is 11.8. The monoisotopic (exact) mass is 264 g/mol. The zero-order valence-electron chi connectivity index (χ0n) is 11.8. The summed E-state index contributed by atoms with van der Waals surface area (Å²) in [7, 11) is 0. The molecule has 0 atom stereocenters. The minimum atomic E-state index is -0.0947. The fraction of sp³-hybridized carbons (Fsp3) is 0.714. The predicted octanol–water partition coefficient (Wildman–Crippen LogP) is 2.39. The topological polar surface area (TPSA) is 83.8 Å². The van der Waals surface area contributed by atoms with Gasteiger partial charge in [-0.2, -0.15) is 5.10 Å². The molecule has 5 nitrogen and oxygen atoms in total. The summed E-state index contributed by atoms with van der Waals surface area (Å²) in [5, 5.41) is 9.69. The van der Waals surface area contributed by atoms with E-state index in [1.165, 1.54) is 25.7 Å². The van der Waals surface area contributed by atoms with Crippen LogP contribution in [0.4, 0.5) is 5.82 Å². The molecule has 1 aliphatic carbocycles. The van der Waals surface area contributed by atoms with E-state index in [0.717, 1.165) is 24.5 Å². The highest BCUT2D eigenvalue weighted by Crippen LogP contribution is 2.28. The quantitative estimate of drug-likeness (QED) is 0.780. The van der Waals surface area contributed by atoms with Gasteiger partial charge in [0.05, 0.1) is 0 Å². The molecule has 0 aliphatic heterocycles. The average molecular weight is 264 g/mol. The fourth-order valence-corrected chi connectivity index (χ4v) is 3.00. The van der Waals surface area contributed by atoms with Crippen molar-refractivity contribution < 1.29 is 4.79 Å². The van der Waals surface area contributed by atoms with Crippen LogP contribution in [0.25, 0.3) is 0 Å². The number of carbonyl (C=O) groups excluding carboxylic acids is 1. The van der Waals surface area contributed by atoms with Gasteiger partial charge in [-0.1, -0.05) is 19.8 Å². The lowest BCUT2D eigenvalue weighted by Gasteiger charge is -2.28. The molecule has 1 saturated carbocycles. The summed E-state index contributed by atoms with van der Waals surface area (Å²) in [4.78, 5) is 12.2. The van der Waals surface area contributed by atoms with E-state index in [4.69, 9.17) is 5.73 Å². The molecule has 0 aromatic carbocycles. The van der Waals surface area contributed by atoms with Gasteiger partial charge in [0, 0.05) is 11.7 Å². The molecule has 1 heterocycles. The van der Waals surface area contributed by atoms with Gasteiger partial charge in [-0.3, -0.25) is 9.89 Å². The minimum Gasteiger partial charge on any atom is -0.382 e.